The summed E-state index contributed by atoms with van der Waals surface area (Å²) in [5.74, 6) is 1.59. The van der Waals surface area contributed by atoms with Gasteiger partial charge in [0.2, 0.25) is 0 Å². The van der Waals surface area contributed by atoms with Crippen molar-refractivity contribution >= 4 is 21.9 Å². The lowest BCUT2D eigenvalue weighted by Crippen LogP contribution is -2.38. The number of halogens is 1. The minimum Gasteiger partial charge on any atom is -0.490 e. The van der Waals surface area contributed by atoms with Crippen molar-refractivity contribution in [1.82, 2.24) is 4.90 Å². The zero-order valence-corrected chi connectivity index (χ0v) is 17.2. The van der Waals surface area contributed by atoms with Gasteiger partial charge in [-0.15, -0.1) is 0 Å². The fourth-order valence-corrected chi connectivity index (χ4v) is 3.63. The molecule has 0 N–H and O–H groups in total. The van der Waals surface area contributed by atoms with Gasteiger partial charge in [0.15, 0.2) is 0 Å². The first-order chi connectivity index (χ1) is 12.0. The fourth-order valence-electron chi connectivity index (χ4n) is 3.28. The molecule has 0 saturated carbocycles. The Balaban J connectivity index is 1.68. The number of hydrogen-bond acceptors (Lipinski definition) is 4. The molecule has 1 aromatic rings. The topological polar surface area (TPSA) is 38.8 Å². The van der Waals surface area contributed by atoms with Crippen LogP contribution < -0.4 is 4.74 Å². The van der Waals surface area contributed by atoms with E-state index >= 15 is 0 Å². The summed E-state index contributed by atoms with van der Waals surface area (Å²) < 4.78 is 12.2. The van der Waals surface area contributed by atoms with Crippen LogP contribution in [0.25, 0.3) is 0 Å². The molecule has 1 fully saturated rings. The van der Waals surface area contributed by atoms with Crippen LogP contribution in [0, 0.1) is 12.8 Å². The van der Waals surface area contributed by atoms with E-state index in [1.807, 2.05) is 25.1 Å². The van der Waals surface area contributed by atoms with Crippen LogP contribution in [0.1, 0.15) is 45.1 Å². The van der Waals surface area contributed by atoms with Gasteiger partial charge in [0, 0.05) is 10.0 Å². The van der Waals surface area contributed by atoms with E-state index in [-0.39, 0.29) is 12.1 Å². The molecular formula is C20H30BrNO3. The Labute approximate surface area is 160 Å². The van der Waals surface area contributed by atoms with Gasteiger partial charge >= 0.3 is 5.97 Å². The molecule has 1 saturated heterocycles. The van der Waals surface area contributed by atoms with Crippen LogP contribution in [0.2, 0.25) is 0 Å². The highest BCUT2D eigenvalue weighted by Gasteiger charge is 2.22. The third kappa shape index (κ3) is 6.63. The van der Waals surface area contributed by atoms with Crippen molar-refractivity contribution in [3.05, 3.63) is 28.2 Å². The number of carbonyl (C=O) groups excluding carboxylic acids is 1. The molecule has 4 nitrogen and oxygen atoms in total. The first kappa shape index (κ1) is 20.2. The van der Waals surface area contributed by atoms with Gasteiger partial charge in [-0.05, 0) is 77.6 Å². The molecule has 25 heavy (non-hydrogen) atoms. The summed E-state index contributed by atoms with van der Waals surface area (Å²) in [6.07, 6.45) is 4.77. The summed E-state index contributed by atoms with van der Waals surface area (Å²) in [5.41, 5.74) is 1.15. The summed E-state index contributed by atoms with van der Waals surface area (Å²) in [6, 6.07) is 6.08. The standard InChI is InChI=1S/C20H30BrNO3/c1-4-24-20(23)14-22-12-10-17(11-13-22)9-8-15(2)25-19-7-5-6-18(21)16(19)3/h5-7,15,17H,4,8-14H2,1-3H3/t15-/m0/s1. The van der Waals surface area contributed by atoms with E-state index < -0.39 is 0 Å². The largest absolute Gasteiger partial charge is 0.490 e. The van der Waals surface area contributed by atoms with Crippen LogP contribution in [0.3, 0.4) is 0 Å². The Morgan fingerprint density at radius 2 is 2.08 bits per heavy atom. The summed E-state index contributed by atoms with van der Waals surface area (Å²) in [5, 5.41) is 0. The minimum absolute atomic E-state index is 0.104. The number of rotatable bonds is 8. The van der Waals surface area contributed by atoms with Crippen LogP contribution >= 0.6 is 15.9 Å². The average molecular weight is 412 g/mol. The highest BCUT2D eigenvalue weighted by molar-refractivity contribution is 9.10. The third-order valence-electron chi connectivity index (χ3n) is 4.89. The maximum atomic E-state index is 11.5. The van der Waals surface area contributed by atoms with E-state index in [4.69, 9.17) is 9.47 Å². The van der Waals surface area contributed by atoms with E-state index in [0.29, 0.717) is 13.2 Å². The number of piperidine rings is 1. The van der Waals surface area contributed by atoms with Crippen molar-refractivity contribution < 1.29 is 14.3 Å². The second kappa shape index (κ2) is 10.2. The van der Waals surface area contributed by atoms with Crippen LogP contribution in [-0.2, 0) is 9.53 Å². The number of benzene rings is 1. The van der Waals surface area contributed by atoms with Crippen LogP contribution in [0.5, 0.6) is 5.75 Å². The van der Waals surface area contributed by atoms with Gasteiger partial charge in [0.1, 0.15) is 5.75 Å². The molecule has 0 amide bonds. The SMILES string of the molecule is CCOC(=O)CN1CCC(CC[C@H](C)Oc2cccc(Br)c2C)CC1. The lowest BCUT2D eigenvalue weighted by Gasteiger charge is -2.31. The van der Waals surface area contributed by atoms with E-state index in [1.54, 1.807) is 0 Å². The Morgan fingerprint density at radius 1 is 1.36 bits per heavy atom. The molecule has 0 aliphatic carbocycles. The number of nitrogens with zero attached hydrogens (tertiary/aromatic N) is 1. The molecule has 5 heteroatoms. The summed E-state index contributed by atoms with van der Waals surface area (Å²) in [4.78, 5) is 13.8. The Kier molecular flexibility index (Phi) is 8.24. The maximum Gasteiger partial charge on any atom is 0.320 e. The van der Waals surface area contributed by atoms with Crippen molar-refractivity contribution in [1.29, 1.82) is 0 Å². The van der Waals surface area contributed by atoms with Gasteiger partial charge in [-0.1, -0.05) is 22.0 Å². The second-order valence-electron chi connectivity index (χ2n) is 6.89. The summed E-state index contributed by atoms with van der Waals surface area (Å²) in [7, 11) is 0. The first-order valence-corrected chi connectivity index (χ1v) is 10.1. The van der Waals surface area contributed by atoms with E-state index in [2.05, 4.69) is 34.7 Å². The molecule has 0 unspecified atom stereocenters. The van der Waals surface area contributed by atoms with Crippen molar-refractivity contribution in [3.63, 3.8) is 0 Å². The van der Waals surface area contributed by atoms with Gasteiger partial charge in [0.25, 0.3) is 0 Å². The van der Waals surface area contributed by atoms with E-state index in [9.17, 15) is 4.79 Å². The molecule has 1 aliphatic rings. The number of hydrogen-bond donors (Lipinski definition) is 0. The Morgan fingerprint density at radius 3 is 2.76 bits per heavy atom. The molecule has 1 heterocycles. The summed E-state index contributed by atoms with van der Waals surface area (Å²) >= 11 is 3.55. The number of ether oxygens (including phenoxy) is 2. The van der Waals surface area contributed by atoms with E-state index in [0.717, 1.165) is 54.1 Å². The van der Waals surface area contributed by atoms with Gasteiger partial charge in [0.05, 0.1) is 19.3 Å². The molecule has 0 radical (unpaired) electrons. The van der Waals surface area contributed by atoms with Crippen molar-refractivity contribution in [2.45, 2.75) is 52.6 Å². The quantitative estimate of drug-likeness (QED) is 0.586. The highest BCUT2D eigenvalue weighted by Crippen LogP contribution is 2.28. The van der Waals surface area contributed by atoms with E-state index in [1.165, 1.54) is 6.42 Å². The monoisotopic (exact) mass is 411 g/mol. The predicted molar refractivity (Wildman–Crippen MR) is 104 cm³/mol. The van der Waals surface area contributed by atoms with Crippen molar-refractivity contribution in [2.75, 3.05) is 26.2 Å². The lowest BCUT2D eigenvalue weighted by molar-refractivity contribution is -0.144. The van der Waals surface area contributed by atoms with Crippen molar-refractivity contribution in [2.24, 2.45) is 5.92 Å². The zero-order valence-electron chi connectivity index (χ0n) is 15.6. The third-order valence-corrected chi connectivity index (χ3v) is 5.75. The van der Waals surface area contributed by atoms with Gasteiger partial charge in [-0.3, -0.25) is 9.69 Å². The molecule has 0 bridgehead atoms. The minimum atomic E-state index is -0.104. The second-order valence-corrected chi connectivity index (χ2v) is 7.75. The average Bonchev–Trinajstić information content (AvgIpc) is 2.58. The van der Waals surface area contributed by atoms with Crippen molar-refractivity contribution in [3.8, 4) is 5.75 Å². The summed E-state index contributed by atoms with van der Waals surface area (Å²) in [6.45, 7) is 8.95. The molecule has 1 aliphatic heterocycles. The van der Waals surface area contributed by atoms with Gasteiger partial charge < -0.3 is 9.47 Å². The van der Waals surface area contributed by atoms with Crippen LogP contribution in [-0.4, -0.2) is 43.2 Å². The fraction of sp³-hybridized carbons (Fsp3) is 0.650. The molecule has 140 valence electrons. The maximum absolute atomic E-state index is 11.5. The molecular weight excluding hydrogens is 382 g/mol. The first-order valence-electron chi connectivity index (χ1n) is 9.29. The number of carbonyl (C=O) groups is 1. The molecule has 2 rings (SSSR count). The van der Waals surface area contributed by atoms with Crippen LogP contribution in [0.15, 0.2) is 22.7 Å². The smallest absolute Gasteiger partial charge is 0.320 e. The van der Waals surface area contributed by atoms with Gasteiger partial charge in [-0.25, -0.2) is 0 Å². The molecule has 0 aromatic heterocycles. The lowest BCUT2D eigenvalue weighted by atomic mass is 9.91. The Hall–Kier alpha value is -1.07. The highest BCUT2D eigenvalue weighted by atomic mass is 79.9. The molecule has 1 aromatic carbocycles. The Bertz CT molecular complexity index is 556. The molecule has 1 atom stereocenters. The molecule has 0 spiro atoms. The predicted octanol–water partition coefficient (Wildman–Crippen LogP) is 4.58. The number of likely N-dealkylation sites (tertiary alicyclic amines) is 1. The van der Waals surface area contributed by atoms with Gasteiger partial charge in [-0.2, -0.15) is 0 Å². The normalized spacial score (nSPS) is 17.3. The number of esters is 1. The van der Waals surface area contributed by atoms with Crippen LogP contribution in [0.4, 0.5) is 0 Å². The zero-order chi connectivity index (χ0) is 18.2.